The lowest BCUT2D eigenvalue weighted by atomic mass is 9.85. The van der Waals surface area contributed by atoms with E-state index in [4.69, 9.17) is 14.2 Å². The molecule has 6 heteroatoms. The number of carbonyl (C=O) groups is 2. The van der Waals surface area contributed by atoms with Gasteiger partial charge in [-0.3, -0.25) is 9.59 Å². The van der Waals surface area contributed by atoms with Crippen molar-refractivity contribution in [2.75, 3.05) is 26.6 Å². The first kappa shape index (κ1) is 27.2. The molecule has 2 rings (SSSR count). The number of amides is 1. The molecule has 0 aliphatic rings. The predicted octanol–water partition coefficient (Wildman–Crippen LogP) is 6.52. The van der Waals surface area contributed by atoms with Crippen LogP contribution in [0.2, 0.25) is 0 Å². The Labute approximate surface area is 204 Å². The van der Waals surface area contributed by atoms with Crippen molar-refractivity contribution in [3.05, 3.63) is 47.0 Å². The Morgan fingerprint density at radius 1 is 1.00 bits per heavy atom. The number of anilines is 1. The molecule has 6 nitrogen and oxygen atoms in total. The summed E-state index contributed by atoms with van der Waals surface area (Å²) in [6.07, 6.45) is 5.10. The van der Waals surface area contributed by atoms with E-state index >= 15 is 0 Å². The van der Waals surface area contributed by atoms with Crippen LogP contribution in [0.25, 0.3) is 0 Å². The fourth-order valence-corrected chi connectivity index (χ4v) is 4.27. The standard InChI is InChI=1S/C28H39NO5/c1-8-9-10-11-20(21-13-15-24(32-5)27(34-7)26(21)33-6)17-25(31)29-23-16-19(18-30)12-14-22(23)28(2,3)4/h12-16,18,20H,8-11,17H2,1-7H3,(H,29,31). The second kappa shape index (κ2) is 12.4. The van der Waals surface area contributed by atoms with Crippen molar-refractivity contribution < 1.29 is 23.8 Å². The van der Waals surface area contributed by atoms with Crippen LogP contribution in [0.4, 0.5) is 5.69 Å². The smallest absolute Gasteiger partial charge is 0.224 e. The highest BCUT2D eigenvalue weighted by Gasteiger charge is 2.25. The summed E-state index contributed by atoms with van der Waals surface area (Å²) in [5.41, 5.74) is 2.93. The third-order valence-corrected chi connectivity index (χ3v) is 6.02. The summed E-state index contributed by atoms with van der Waals surface area (Å²) >= 11 is 0. The number of rotatable bonds is 12. The Morgan fingerprint density at radius 2 is 1.71 bits per heavy atom. The highest BCUT2D eigenvalue weighted by atomic mass is 16.5. The number of aldehydes is 1. The van der Waals surface area contributed by atoms with Gasteiger partial charge in [-0.1, -0.05) is 65.2 Å². The van der Waals surface area contributed by atoms with Crippen LogP contribution in [0, 0.1) is 0 Å². The Morgan fingerprint density at radius 3 is 2.26 bits per heavy atom. The average Bonchev–Trinajstić information content (AvgIpc) is 2.81. The third-order valence-electron chi connectivity index (χ3n) is 6.02. The zero-order valence-corrected chi connectivity index (χ0v) is 21.6. The normalized spacial score (nSPS) is 12.1. The highest BCUT2D eigenvalue weighted by molar-refractivity contribution is 5.93. The lowest BCUT2D eigenvalue weighted by Gasteiger charge is -2.25. The van der Waals surface area contributed by atoms with Gasteiger partial charge in [0.25, 0.3) is 0 Å². The van der Waals surface area contributed by atoms with Gasteiger partial charge < -0.3 is 19.5 Å². The molecule has 0 aliphatic carbocycles. The van der Waals surface area contributed by atoms with E-state index in [-0.39, 0.29) is 23.7 Å². The number of carbonyl (C=O) groups excluding carboxylic acids is 2. The maximum absolute atomic E-state index is 13.3. The molecule has 34 heavy (non-hydrogen) atoms. The molecule has 0 saturated carbocycles. The first-order valence-corrected chi connectivity index (χ1v) is 11.9. The van der Waals surface area contributed by atoms with Crippen molar-refractivity contribution in [1.29, 1.82) is 0 Å². The molecular formula is C28H39NO5. The van der Waals surface area contributed by atoms with Crippen molar-refractivity contribution in [2.24, 2.45) is 0 Å². The minimum atomic E-state index is -0.183. The fourth-order valence-electron chi connectivity index (χ4n) is 4.27. The largest absolute Gasteiger partial charge is 0.493 e. The fraction of sp³-hybridized carbons (Fsp3) is 0.500. The Kier molecular flexibility index (Phi) is 9.97. The van der Waals surface area contributed by atoms with Gasteiger partial charge in [-0.25, -0.2) is 0 Å². The van der Waals surface area contributed by atoms with Gasteiger partial charge in [-0.2, -0.15) is 0 Å². The molecule has 0 aromatic heterocycles. The van der Waals surface area contributed by atoms with Crippen LogP contribution in [-0.4, -0.2) is 33.5 Å². The summed E-state index contributed by atoms with van der Waals surface area (Å²) in [6.45, 7) is 8.41. The van der Waals surface area contributed by atoms with Crippen molar-refractivity contribution in [2.45, 2.75) is 71.1 Å². The van der Waals surface area contributed by atoms with Crippen molar-refractivity contribution >= 4 is 17.9 Å². The quantitative estimate of drug-likeness (QED) is 0.283. The van der Waals surface area contributed by atoms with Crippen molar-refractivity contribution in [1.82, 2.24) is 0 Å². The molecule has 0 heterocycles. The summed E-state index contributed by atoms with van der Waals surface area (Å²) in [4.78, 5) is 24.6. The van der Waals surface area contributed by atoms with Gasteiger partial charge in [0.15, 0.2) is 11.5 Å². The van der Waals surface area contributed by atoms with Crippen LogP contribution in [0.5, 0.6) is 17.2 Å². The van der Waals surface area contributed by atoms with Gasteiger partial charge in [-0.05, 0) is 35.4 Å². The van der Waals surface area contributed by atoms with E-state index in [1.807, 2.05) is 18.2 Å². The molecule has 1 N–H and O–H groups in total. The molecule has 0 radical (unpaired) electrons. The molecule has 0 aliphatic heterocycles. The minimum absolute atomic E-state index is 0.0614. The van der Waals surface area contributed by atoms with Gasteiger partial charge in [0, 0.05) is 23.2 Å². The van der Waals surface area contributed by atoms with Crippen LogP contribution >= 0.6 is 0 Å². The predicted molar refractivity (Wildman–Crippen MR) is 137 cm³/mol. The minimum Gasteiger partial charge on any atom is -0.493 e. The van der Waals surface area contributed by atoms with E-state index < -0.39 is 0 Å². The van der Waals surface area contributed by atoms with Gasteiger partial charge >= 0.3 is 0 Å². The van der Waals surface area contributed by atoms with Gasteiger partial charge in [0.2, 0.25) is 11.7 Å². The zero-order valence-electron chi connectivity index (χ0n) is 21.6. The molecule has 0 spiro atoms. The average molecular weight is 470 g/mol. The molecule has 0 fully saturated rings. The maximum Gasteiger partial charge on any atom is 0.224 e. The van der Waals surface area contributed by atoms with Crippen LogP contribution in [0.1, 0.15) is 87.2 Å². The SMILES string of the molecule is CCCCCC(CC(=O)Nc1cc(C=O)ccc1C(C)(C)C)c1ccc(OC)c(OC)c1OC. The summed E-state index contributed by atoms with van der Waals surface area (Å²) in [5, 5.41) is 3.08. The van der Waals surface area contributed by atoms with E-state index in [1.165, 1.54) is 0 Å². The van der Waals surface area contributed by atoms with Crippen LogP contribution in [-0.2, 0) is 10.2 Å². The molecule has 1 atom stereocenters. The van der Waals surface area contributed by atoms with Gasteiger partial charge in [-0.15, -0.1) is 0 Å². The van der Waals surface area contributed by atoms with E-state index in [9.17, 15) is 9.59 Å². The van der Waals surface area contributed by atoms with Gasteiger partial charge in [0.05, 0.1) is 21.3 Å². The number of methoxy groups -OCH3 is 3. The lowest BCUT2D eigenvalue weighted by Crippen LogP contribution is -2.21. The van der Waals surface area contributed by atoms with E-state index in [2.05, 4.69) is 33.0 Å². The number of unbranched alkanes of at least 4 members (excludes halogenated alkanes) is 2. The second-order valence-corrected chi connectivity index (χ2v) is 9.54. The molecule has 1 unspecified atom stereocenters. The van der Waals surface area contributed by atoms with E-state index in [0.29, 0.717) is 28.5 Å². The highest BCUT2D eigenvalue weighted by Crippen LogP contribution is 2.44. The van der Waals surface area contributed by atoms with Crippen LogP contribution in [0.15, 0.2) is 30.3 Å². The first-order valence-electron chi connectivity index (χ1n) is 11.9. The molecule has 0 bridgehead atoms. The topological polar surface area (TPSA) is 73.9 Å². The monoisotopic (exact) mass is 469 g/mol. The third kappa shape index (κ3) is 6.75. The first-order chi connectivity index (χ1) is 16.2. The molecule has 186 valence electrons. The summed E-state index contributed by atoms with van der Waals surface area (Å²) in [7, 11) is 4.77. The zero-order chi connectivity index (χ0) is 25.3. The maximum atomic E-state index is 13.3. The Balaban J connectivity index is 2.40. The second-order valence-electron chi connectivity index (χ2n) is 9.54. The molecule has 2 aromatic rings. The molecule has 0 saturated heterocycles. The Bertz CT molecular complexity index is 977. The summed E-state index contributed by atoms with van der Waals surface area (Å²) < 4.78 is 16.7. The summed E-state index contributed by atoms with van der Waals surface area (Å²) in [5.74, 6) is 1.53. The van der Waals surface area contributed by atoms with Crippen LogP contribution in [0.3, 0.4) is 0 Å². The Hall–Kier alpha value is -3.02. The van der Waals surface area contributed by atoms with Crippen LogP contribution < -0.4 is 19.5 Å². The van der Waals surface area contributed by atoms with E-state index in [0.717, 1.165) is 43.1 Å². The van der Waals surface area contributed by atoms with E-state index in [1.54, 1.807) is 33.5 Å². The van der Waals surface area contributed by atoms with Gasteiger partial charge in [0.1, 0.15) is 6.29 Å². The number of benzene rings is 2. The number of hydrogen-bond donors (Lipinski definition) is 1. The molecule has 1 amide bonds. The lowest BCUT2D eigenvalue weighted by molar-refractivity contribution is -0.116. The van der Waals surface area contributed by atoms with Crippen molar-refractivity contribution in [3.63, 3.8) is 0 Å². The number of nitrogens with one attached hydrogen (secondary N) is 1. The number of ether oxygens (including phenoxy) is 3. The summed E-state index contributed by atoms with van der Waals surface area (Å²) in [6, 6.07) is 9.25. The molecule has 2 aromatic carbocycles. The number of hydrogen-bond acceptors (Lipinski definition) is 5. The van der Waals surface area contributed by atoms with Crippen molar-refractivity contribution in [3.8, 4) is 17.2 Å². The molecular weight excluding hydrogens is 430 g/mol.